The molecule has 0 radical (unpaired) electrons. The van der Waals surface area contributed by atoms with Gasteiger partial charge in [-0.1, -0.05) is 13.8 Å². The zero-order chi connectivity index (χ0) is 13.7. The second kappa shape index (κ2) is 7.16. The van der Waals surface area contributed by atoms with Crippen LogP contribution in [0, 0.1) is 11.6 Å². The summed E-state index contributed by atoms with van der Waals surface area (Å²) in [5.41, 5.74) is 5.86. The fourth-order valence-electron chi connectivity index (χ4n) is 1.89. The van der Waals surface area contributed by atoms with Crippen LogP contribution in [0.25, 0.3) is 0 Å². The minimum atomic E-state index is -0.622. The van der Waals surface area contributed by atoms with Crippen molar-refractivity contribution in [3.05, 3.63) is 33.8 Å². The topological polar surface area (TPSA) is 29.3 Å². The zero-order valence-electron chi connectivity index (χ0n) is 10.7. The maximum Gasteiger partial charge on any atom is 0.145 e. The van der Waals surface area contributed by atoms with Gasteiger partial charge in [0.05, 0.1) is 4.47 Å². The van der Waals surface area contributed by atoms with Gasteiger partial charge in [0, 0.05) is 11.6 Å². The maximum absolute atomic E-state index is 13.8. The van der Waals surface area contributed by atoms with E-state index in [0.717, 1.165) is 19.6 Å². The van der Waals surface area contributed by atoms with Crippen LogP contribution in [0.2, 0.25) is 0 Å². The molecule has 0 spiro atoms. The van der Waals surface area contributed by atoms with E-state index in [1.165, 1.54) is 12.1 Å². The van der Waals surface area contributed by atoms with Crippen molar-refractivity contribution in [2.75, 3.05) is 19.6 Å². The van der Waals surface area contributed by atoms with Gasteiger partial charge in [-0.2, -0.15) is 0 Å². The lowest BCUT2D eigenvalue weighted by atomic mass is 10.0. The molecule has 1 aromatic rings. The summed E-state index contributed by atoms with van der Waals surface area (Å²) in [6.07, 6.45) is 0.534. The van der Waals surface area contributed by atoms with Crippen molar-refractivity contribution in [3.8, 4) is 0 Å². The highest BCUT2D eigenvalue weighted by Gasteiger charge is 2.19. The highest BCUT2D eigenvalue weighted by Crippen LogP contribution is 2.27. The Morgan fingerprint density at radius 1 is 1.28 bits per heavy atom. The molecule has 0 saturated carbocycles. The van der Waals surface area contributed by atoms with Crippen LogP contribution in [0.3, 0.4) is 0 Å². The molecular weight excluding hydrogens is 302 g/mol. The highest BCUT2D eigenvalue weighted by atomic mass is 79.9. The van der Waals surface area contributed by atoms with Crippen LogP contribution >= 0.6 is 15.9 Å². The molecule has 0 amide bonds. The largest absolute Gasteiger partial charge is 0.324 e. The van der Waals surface area contributed by atoms with Crippen LogP contribution < -0.4 is 5.73 Å². The standard InChI is InChI=1S/C13H19BrF2N2/c1-3-18(4-2)8-7-11(17)12-10(15)6-5-9(14)13(12)16/h5-6,11H,3-4,7-8,17H2,1-2H3. The van der Waals surface area contributed by atoms with Crippen molar-refractivity contribution in [2.24, 2.45) is 5.73 Å². The molecule has 2 nitrogen and oxygen atoms in total. The number of halogens is 3. The molecule has 18 heavy (non-hydrogen) atoms. The molecule has 0 aliphatic heterocycles. The zero-order valence-corrected chi connectivity index (χ0v) is 12.3. The van der Waals surface area contributed by atoms with Gasteiger partial charge in [0.15, 0.2) is 0 Å². The van der Waals surface area contributed by atoms with E-state index in [4.69, 9.17) is 5.73 Å². The summed E-state index contributed by atoms with van der Waals surface area (Å²) in [5.74, 6) is -1.18. The molecule has 0 fully saturated rings. The Bertz CT molecular complexity index is 395. The fourth-order valence-corrected chi connectivity index (χ4v) is 2.23. The summed E-state index contributed by atoms with van der Waals surface area (Å²) >= 11 is 3.05. The minimum Gasteiger partial charge on any atom is -0.324 e. The van der Waals surface area contributed by atoms with E-state index in [0.29, 0.717) is 6.42 Å². The molecule has 0 heterocycles. The van der Waals surface area contributed by atoms with Crippen molar-refractivity contribution in [3.63, 3.8) is 0 Å². The van der Waals surface area contributed by atoms with E-state index in [2.05, 4.69) is 34.7 Å². The smallest absolute Gasteiger partial charge is 0.145 e. The molecule has 0 aliphatic rings. The Balaban J connectivity index is 2.78. The SMILES string of the molecule is CCN(CC)CCC(N)c1c(F)ccc(Br)c1F. The summed E-state index contributed by atoms with van der Waals surface area (Å²) in [6, 6.07) is 1.97. The van der Waals surface area contributed by atoms with E-state index in [-0.39, 0.29) is 10.0 Å². The van der Waals surface area contributed by atoms with Crippen molar-refractivity contribution in [2.45, 2.75) is 26.3 Å². The molecule has 0 bridgehead atoms. The number of nitrogens with two attached hydrogens (primary N) is 1. The summed E-state index contributed by atoms with van der Waals surface area (Å²) in [4.78, 5) is 2.17. The van der Waals surface area contributed by atoms with E-state index in [1.807, 2.05) is 0 Å². The molecule has 0 aliphatic carbocycles. The van der Waals surface area contributed by atoms with Gasteiger partial charge < -0.3 is 10.6 Å². The Hall–Kier alpha value is -0.520. The summed E-state index contributed by atoms with van der Waals surface area (Å²) < 4.78 is 27.7. The molecule has 2 N–H and O–H groups in total. The van der Waals surface area contributed by atoms with Crippen LogP contribution in [0.5, 0.6) is 0 Å². The first-order valence-electron chi connectivity index (χ1n) is 6.12. The Morgan fingerprint density at radius 2 is 1.89 bits per heavy atom. The van der Waals surface area contributed by atoms with E-state index < -0.39 is 17.7 Å². The predicted octanol–water partition coefficient (Wildman–Crippen LogP) is 3.46. The molecule has 102 valence electrons. The molecule has 1 aromatic carbocycles. The summed E-state index contributed by atoms with van der Waals surface area (Å²) in [6.45, 7) is 6.66. The summed E-state index contributed by atoms with van der Waals surface area (Å²) in [5, 5.41) is 0. The predicted molar refractivity (Wildman–Crippen MR) is 73.4 cm³/mol. The summed E-state index contributed by atoms with van der Waals surface area (Å²) in [7, 11) is 0. The number of hydrogen-bond donors (Lipinski definition) is 1. The fraction of sp³-hybridized carbons (Fsp3) is 0.538. The van der Waals surface area contributed by atoms with Crippen LogP contribution in [-0.4, -0.2) is 24.5 Å². The maximum atomic E-state index is 13.8. The Morgan fingerprint density at radius 3 is 2.44 bits per heavy atom. The van der Waals surface area contributed by atoms with Gasteiger partial charge in [-0.25, -0.2) is 8.78 Å². The number of nitrogens with zero attached hydrogens (tertiary/aromatic N) is 1. The monoisotopic (exact) mass is 320 g/mol. The first-order chi connectivity index (χ1) is 8.51. The second-order valence-corrected chi connectivity index (χ2v) is 5.03. The first kappa shape index (κ1) is 15.5. The third kappa shape index (κ3) is 3.73. The lowest BCUT2D eigenvalue weighted by Gasteiger charge is -2.21. The van der Waals surface area contributed by atoms with E-state index >= 15 is 0 Å². The van der Waals surface area contributed by atoms with Crippen molar-refractivity contribution < 1.29 is 8.78 Å². The van der Waals surface area contributed by atoms with Gasteiger partial charge >= 0.3 is 0 Å². The Labute approximate surface area is 115 Å². The van der Waals surface area contributed by atoms with Crippen molar-refractivity contribution >= 4 is 15.9 Å². The van der Waals surface area contributed by atoms with Gasteiger partial charge in [-0.05, 0) is 54.1 Å². The van der Waals surface area contributed by atoms with E-state index in [1.54, 1.807) is 0 Å². The molecule has 5 heteroatoms. The molecule has 0 aromatic heterocycles. The van der Waals surface area contributed by atoms with Crippen molar-refractivity contribution in [1.29, 1.82) is 0 Å². The van der Waals surface area contributed by atoms with Crippen LogP contribution in [-0.2, 0) is 0 Å². The van der Waals surface area contributed by atoms with Gasteiger partial charge in [0.2, 0.25) is 0 Å². The normalized spacial score (nSPS) is 13.1. The van der Waals surface area contributed by atoms with E-state index in [9.17, 15) is 8.78 Å². The van der Waals surface area contributed by atoms with Crippen LogP contribution in [0.15, 0.2) is 16.6 Å². The van der Waals surface area contributed by atoms with Crippen LogP contribution in [0.1, 0.15) is 31.9 Å². The molecule has 1 rings (SSSR count). The lowest BCUT2D eigenvalue weighted by Crippen LogP contribution is -2.27. The second-order valence-electron chi connectivity index (χ2n) is 4.18. The number of rotatable bonds is 6. The van der Waals surface area contributed by atoms with Crippen LogP contribution in [0.4, 0.5) is 8.78 Å². The number of benzene rings is 1. The quantitative estimate of drug-likeness (QED) is 0.813. The molecule has 1 unspecified atom stereocenters. The number of hydrogen-bond acceptors (Lipinski definition) is 2. The van der Waals surface area contributed by atoms with Gasteiger partial charge in [0.25, 0.3) is 0 Å². The highest BCUT2D eigenvalue weighted by molar-refractivity contribution is 9.10. The van der Waals surface area contributed by atoms with Crippen molar-refractivity contribution in [1.82, 2.24) is 4.90 Å². The minimum absolute atomic E-state index is 0.0310. The molecular formula is C13H19BrF2N2. The Kier molecular flexibility index (Phi) is 6.18. The van der Waals surface area contributed by atoms with Gasteiger partial charge in [-0.15, -0.1) is 0 Å². The third-order valence-corrected chi connectivity index (χ3v) is 3.71. The lowest BCUT2D eigenvalue weighted by molar-refractivity contribution is 0.288. The third-order valence-electron chi connectivity index (χ3n) is 3.10. The first-order valence-corrected chi connectivity index (χ1v) is 6.91. The van der Waals surface area contributed by atoms with Gasteiger partial charge in [-0.3, -0.25) is 0 Å². The molecule has 1 atom stereocenters. The van der Waals surface area contributed by atoms with Gasteiger partial charge in [0.1, 0.15) is 11.6 Å². The average Bonchev–Trinajstić information content (AvgIpc) is 2.35. The average molecular weight is 321 g/mol. The molecule has 0 saturated heterocycles.